The number of amides is 1. The van der Waals surface area contributed by atoms with Crippen LogP contribution in [0.4, 0.5) is 4.79 Å². The summed E-state index contributed by atoms with van der Waals surface area (Å²) in [5.41, 5.74) is 5.68. The van der Waals surface area contributed by atoms with Gasteiger partial charge in [-0.3, -0.25) is 0 Å². The standard InChI is InChI=1S/C8H13N5O2/c9-7-1-3-12(5-7)8(14)15-6-13-4-2-10-11-13/h2,4,7H,1,3,5-6,9H2. The summed E-state index contributed by atoms with van der Waals surface area (Å²) in [6, 6.07) is 0.0731. The minimum absolute atomic E-state index is 0.0731. The number of likely N-dealkylation sites (tertiary alicyclic amines) is 1. The molecule has 1 unspecified atom stereocenters. The molecule has 0 saturated carbocycles. The van der Waals surface area contributed by atoms with Gasteiger partial charge in [-0.25, -0.2) is 9.48 Å². The molecule has 82 valence electrons. The Labute approximate surface area is 86.8 Å². The van der Waals surface area contributed by atoms with E-state index in [1.54, 1.807) is 11.1 Å². The number of nitrogens with zero attached hydrogens (tertiary/aromatic N) is 4. The fourth-order valence-electron chi connectivity index (χ4n) is 1.47. The lowest BCUT2D eigenvalue weighted by molar-refractivity contribution is 0.0765. The minimum atomic E-state index is -0.349. The molecule has 0 aromatic carbocycles. The van der Waals surface area contributed by atoms with Crippen LogP contribution in [0.25, 0.3) is 0 Å². The van der Waals surface area contributed by atoms with Gasteiger partial charge in [0.15, 0.2) is 6.73 Å². The second-order valence-corrected chi connectivity index (χ2v) is 3.48. The van der Waals surface area contributed by atoms with Gasteiger partial charge in [0, 0.05) is 25.3 Å². The average molecular weight is 211 g/mol. The molecule has 0 bridgehead atoms. The van der Waals surface area contributed by atoms with Gasteiger partial charge in [-0.2, -0.15) is 0 Å². The summed E-state index contributed by atoms with van der Waals surface area (Å²) in [7, 11) is 0. The number of rotatable bonds is 2. The number of ether oxygens (including phenoxy) is 1. The first kappa shape index (κ1) is 9.91. The van der Waals surface area contributed by atoms with E-state index in [0.29, 0.717) is 13.1 Å². The highest BCUT2D eigenvalue weighted by atomic mass is 16.6. The van der Waals surface area contributed by atoms with Crippen molar-refractivity contribution >= 4 is 6.09 Å². The van der Waals surface area contributed by atoms with Crippen LogP contribution in [0.3, 0.4) is 0 Å². The SMILES string of the molecule is NC1CCN(C(=O)OCn2ccnn2)C1. The number of carbonyl (C=O) groups is 1. The quantitative estimate of drug-likeness (QED) is 0.706. The Morgan fingerprint density at radius 1 is 1.67 bits per heavy atom. The lowest BCUT2D eigenvalue weighted by Crippen LogP contribution is -2.32. The molecule has 7 nitrogen and oxygen atoms in total. The molecule has 0 radical (unpaired) electrons. The predicted octanol–water partition coefficient (Wildman–Crippen LogP) is -0.595. The summed E-state index contributed by atoms with van der Waals surface area (Å²) in [5, 5.41) is 7.27. The van der Waals surface area contributed by atoms with E-state index in [9.17, 15) is 4.79 Å². The Kier molecular flexibility index (Phi) is 2.82. The normalized spacial score (nSPS) is 20.6. The van der Waals surface area contributed by atoms with Gasteiger partial charge < -0.3 is 15.4 Å². The Hall–Kier alpha value is -1.63. The van der Waals surface area contributed by atoms with E-state index in [4.69, 9.17) is 10.5 Å². The zero-order valence-corrected chi connectivity index (χ0v) is 8.24. The van der Waals surface area contributed by atoms with Crippen LogP contribution in [0.5, 0.6) is 0 Å². The maximum absolute atomic E-state index is 11.5. The topological polar surface area (TPSA) is 86.3 Å². The molecule has 1 aromatic heterocycles. The molecule has 1 atom stereocenters. The van der Waals surface area contributed by atoms with Crippen molar-refractivity contribution in [2.45, 2.75) is 19.2 Å². The summed E-state index contributed by atoms with van der Waals surface area (Å²) < 4.78 is 6.45. The predicted molar refractivity (Wildman–Crippen MR) is 50.7 cm³/mol. The third-order valence-corrected chi connectivity index (χ3v) is 2.28. The highest BCUT2D eigenvalue weighted by molar-refractivity contribution is 5.67. The van der Waals surface area contributed by atoms with Crippen molar-refractivity contribution in [2.24, 2.45) is 5.73 Å². The van der Waals surface area contributed by atoms with E-state index in [0.717, 1.165) is 6.42 Å². The zero-order valence-electron chi connectivity index (χ0n) is 8.24. The first-order chi connectivity index (χ1) is 7.25. The van der Waals surface area contributed by atoms with E-state index in [-0.39, 0.29) is 18.9 Å². The van der Waals surface area contributed by atoms with Gasteiger partial charge in [0.25, 0.3) is 0 Å². The van der Waals surface area contributed by atoms with Gasteiger partial charge in [-0.15, -0.1) is 5.10 Å². The van der Waals surface area contributed by atoms with Gasteiger partial charge >= 0.3 is 6.09 Å². The molecule has 15 heavy (non-hydrogen) atoms. The first-order valence-corrected chi connectivity index (χ1v) is 4.77. The molecule has 1 saturated heterocycles. The molecule has 1 aliphatic heterocycles. The second-order valence-electron chi connectivity index (χ2n) is 3.48. The largest absolute Gasteiger partial charge is 0.426 e. The van der Waals surface area contributed by atoms with Crippen molar-refractivity contribution < 1.29 is 9.53 Å². The lowest BCUT2D eigenvalue weighted by Gasteiger charge is -2.15. The fourth-order valence-corrected chi connectivity index (χ4v) is 1.47. The zero-order chi connectivity index (χ0) is 10.7. The molecule has 1 amide bonds. The summed E-state index contributed by atoms with van der Waals surface area (Å²) in [4.78, 5) is 13.1. The Balaban J connectivity index is 1.78. The van der Waals surface area contributed by atoms with E-state index in [1.165, 1.54) is 10.9 Å². The molecule has 1 fully saturated rings. The van der Waals surface area contributed by atoms with E-state index < -0.39 is 0 Å². The van der Waals surface area contributed by atoms with Crippen molar-refractivity contribution in [1.29, 1.82) is 0 Å². The smallest absolute Gasteiger partial charge is 0.411 e. The van der Waals surface area contributed by atoms with Crippen LogP contribution < -0.4 is 5.73 Å². The van der Waals surface area contributed by atoms with Crippen LogP contribution >= 0.6 is 0 Å². The van der Waals surface area contributed by atoms with Crippen LogP contribution in [-0.4, -0.2) is 45.1 Å². The van der Waals surface area contributed by atoms with Crippen LogP contribution in [0.1, 0.15) is 6.42 Å². The Morgan fingerprint density at radius 2 is 2.53 bits per heavy atom. The minimum Gasteiger partial charge on any atom is -0.426 e. The summed E-state index contributed by atoms with van der Waals surface area (Å²) in [6.07, 6.45) is 3.64. The molecule has 2 N–H and O–H groups in total. The van der Waals surface area contributed by atoms with Crippen molar-refractivity contribution in [3.8, 4) is 0 Å². The average Bonchev–Trinajstić information content (AvgIpc) is 2.84. The number of aromatic nitrogens is 3. The van der Waals surface area contributed by atoms with Crippen LogP contribution in [0.2, 0.25) is 0 Å². The summed E-state index contributed by atoms with van der Waals surface area (Å²) in [6.45, 7) is 1.32. The van der Waals surface area contributed by atoms with Gasteiger partial charge in [0.05, 0.1) is 6.20 Å². The summed E-state index contributed by atoms with van der Waals surface area (Å²) >= 11 is 0. The van der Waals surface area contributed by atoms with E-state index in [2.05, 4.69) is 10.3 Å². The number of hydrogen-bond donors (Lipinski definition) is 1. The molecule has 1 aliphatic rings. The van der Waals surface area contributed by atoms with Crippen molar-refractivity contribution in [3.05, 3.63) is 12.4 Å². The van der Waals surface area contributed by atoms with Crippen molar-refractivity contribution in [1.82, 2.24) is 19.9 Å². The number of nitrogens with two attached hydrogens (primary N) is 1. The third kappa shape index (κ3) is 2.44. The van der Waals surface area contributed by atoms with E-state index >= 15 is 0 Å². The van der Waals surface area contributed by atoms with Crippen LogP contribution in [0, 0.1) is 0 Å². The molecule has 1 aromatic rings. The number of hydrogen-bond acceptors (Lipinski definition) is 5. The van der Waals surface area contributed by atoms with Crippen molar-refractivity contribution in [3.63, 3.8) is 0 Å². The maximum atomic E-state index is 11.5. The third-order valence-electron chi connectivity index (χ3n) is 2.28. The van der Waals surface area contributed by atoms with Gasteiger partial charge in [0.2, 0.25) is 0 Å². The molecular formula is C8H13N5O2. The molecule has 0 aliphatic carbocycles. The van der Waals surface area contributed by atoms with Gasteiger partial charge in [0.1, 0.15) is 0 Å². The van der Waals surface area contributed by atoms with Crippen molar-refractivity contribution in [2.75, 3.05) is 13.1 Å². The molecule has 2 heterocycles. The lowest BCUT2D eigenvalue weighted by atomic mass is 10.3. The second kappa shape index (κ2) is 4.26. The molecule has 2 rings (SSSR count). The fraction of sp³-hybridized carbons (Fsp3) is 0.625. The van der Waals surface area contributed by atoms with E-state index in [1.807, 2.05) is 0 Å². The highest BCUT2D eigenvalue weighted by Gasteiger charge is 2.24. The molecular weight excluding hydrogens is 198 g/mol. The monoisotopic (exact) mass is 211 g/mol. The Morgan fingerprint density at radius 3 is 3.13 bits per heavy atom. The maximum Gasteiger partial charge on any atom is 0.411 e. The van der Waals surface area contributed by atoms with Gasteiger partial charge in [-0.05, 0) is 6.42 Å². The number of carbonyl (C=O) groups excluding carboxylic acids is 1. The van der Waals surface area contributed by atoms with Crippen LogP contribution in [0.15, 0.2) is 12.4 Å². The highest BCUT2D eigenvalue weighted by Crippen LogP contribution is 2.08. The molecule has 7 heteroatoms. The van der Waals surface area contributed by atoms with Crippen LogP contribution in [-0.2, 0) is 11.5 Å². The molecule has 0 spiro atoms. The summed E-state index contributed by atoms with van der Waals surface area (Å²) in [5.74, 6) is 0. The first-order valence-electron chi connectivity index (χ1n) is 4.77. The van der Waals surface area contributed by atoms with Gasteiger partial charge in [-0.1, -0.05) is 5.21 Å². The Bertz CT molecular complexity index is 326.